The highest BCUT2D eigenvalue weighted by molar-refractivity contribution is 9.10. The maximum Gasteiger partial charge on any atom is 0.157 e. The van der Waals surface area contributed by atoms with Crippen molar-refractivity contribution in [3.05, 3.63) is 28.2 Å². The van der Waals surface area contributed by atoms with Gasteiger partial charge in [-0.05, 0) is 25.0 Å². The zero-order valence-electron chi connectivity index (χ0n) is 10.2. The van der Waals surface area contributed by atoms with E-state index in [1.807, 2.05) is 12.1 Å². The summed E-state index contributed by atoms with van der Waals surface area (Å²) in [6.07, 6.45) is 4.80. The van der Waals surface area contributed by atoms with Gasteiger partial charge in [-0.15, -0.1) is 0 Å². The Bertz CT molecular complexity index is 502. The smallest absolute Gasteiger partial charge is 0.157 e. The topological polar surface area (TPSA) is 60.2 Å². The van der Waals surface area contributed by atoms with Crippen LogP contribution in [0.5, 0.6) is 0 Å². The fourth-order valence-electron chi connectivity index (χ4n) is 2.47. The zero-order valence-corrected chi connectivity index (χ0v) is 12.6. The molecule has 2 rings (SSSR count). The number of hydrogen-bond acceptors (Lipinski definition) is 3. The Balaban J connectivity index is 2.22. The third kappa shape index (κ3) is 3.06. The average Bonchev–Trinajstić information content (AvgIpc) is 2.35. The maximum atomic E-state index is 12.4. The van der Waals surface area contributed by atoms with Gasteiger partial charge in [-0.25, -0.2) is 8.42 Å². The quantitative estimate of drug-likeness (QED) is 0.864. The molecule has 1 aromatic carbocycles. The molecule has 1 aliphatic carbocycles. The Morgan fingerprint density at radius 1 is 1.22 bits per heavy atom. The first-order valence-electron chi connectivity index (χ1n) is 6.25. The lowest BCUT2D eigenvalue weighted by Crippen LogP contribution is -2.25. The predicted molar refractivity (Wildman–Crippen MR) is 78.1 cm³/mol. The first-order valence-corrected chi connectivity index (χ1v) is 8.76. The van der Waals surface area contributed by atoms with E-state index in [-0.39, 0.29) is 11.0 Å². The van der Waals surface area contributed by atoms with Crippen molar-refractivity contribution in [1.82, 2.24) is 0 Å². The van der Waals surface area contributed by atoms with Crippen LogP contribution in [0.2, 0.25) is 0 Å². The molecule has 0 bridgehead atoms. The summed E-state index contributed by atoms with van der Waals surface area (Å²) < 4.78 is 25.5. The molecular formula is C13H18BrNO2S. The van der Waals surface area contributed by atoms with Crippen LogP contribution in [0.25, 0.3) is 0 Å². The van der Waals surface area contributed by atoms with Gasteiger partial charge in [-0.1, -0.05) is 41.3 Å². The Morgan fingerprint density at radius 3 is 2.50 bits per heavy atom. The summed E-state index contributed by atoms with van der Waals surface area (Å²) in [5, 5.41) is -0.183. The van der Waals surface area contributed by atoms with Gasteiger partial charge in [-0.3, -0.25) is 0 Å². The number of nitrogens with two attached hydrogens (primary N) is 1. The van der Waals surface area contributed by atoms with Crippen molar-refractivity contribution < 1.29 is 8.42 Å². The van der Waals surface area contributed by atoms with Crippen LogP contribution in [-0.4, -0.2) is 13.7 Å². The van der Waals surface area contributed by atoms with E-state index in [1.54, 1.807) is 6.07 Å². The van der Waals surface area contributed by atoms with Crippen LogP contribution in [0.4, 0.5) is 5.69 Å². The van der Waals surface area contributed by atoms with Crippen molar-refractivity contribution in [2.45, 2.75) is 43.1 Å². The van der Waals surface area contributed by atoms with Gasteiger partial charge >= 0.3 is 0 Å². The molecule has 1 saturated carbocycles. The number of sulfone groups is 1. The molecule has 2 N–H and O–H groups in total. The van der Waals surface area contributed by atoms with Gasteiger partial charge in [0, 0.05) is 15.7 Å². The highest BCUT2D eigenvalue weighted by atomic mass is 79.9. The van der Waals surface area contributed by atoms with Crippen LogP contribution in [0, 0.1) is 0 Å². The Morgan fingerprint density at radius 2 is 1.89 bits per heavy atom. The second-order valence-electron chi connectivity index (χ2n) is 4.87. The standard InChI is InChI=1S/C13H18BrNO2S/c14-12-7-4-8-13(15)11(12)9-18(16,17)10-5-2-1-3-6-10/h4,7-8,10H,1-3,5-6,9,15H2. The molecule has 0 aliphatic heterocycles. The molecular weight excluding hydrogens is 314 g/mol. The second-order valence-corrected chi connectivity index (χ2v) is 8.01. The first-order chi connectivity index (χ1) is 8.50. The largest absolute Gasteiger partial charge is 0.398 e. The predicted octanol–water partition coefficient (Wildman–Crippen LogP) is 3.28. The molecule has 0 aromatic heterocycles. The van der Waals surface area contributed by atoms with Crippen LogP contribution < -0.4 is 5.73 Å². The molecule has 1 fully saturated rings. The summed E-state index contributed by atoms with van der Waals surface area (Å²) in [6, 6.07) is 5.40. The maximum absolute atomic E-state index is 12.4. The monoisotopic (exact) mass is 331 g/mol. The van der Waals surface area contributed by atoms with Crippen LogP contribution in [0.1, 0.15) is 37.7 Å². The number of rotatable bonds is 3. The van der Waals surface area contributed by atoms with Crippen LogP contribution in [0.15, 0.2) is 22.7 Å². The third-order valence-electron chi connectivity index (χ3n) is 3.56. The van der Waals surface area contributed by atoms with Crippen molar-refractivity contribution in [1.29, 1.82) is 0 Å². The summed E-state index contributed by atoms with van der Waals surface area (Å²) in [7, 11) is -3.09. The lowest BCUT2D eigenvalue weighted by molar-refractivity contribution is 0.483. The molecule has 0 spiro atoms. The van der Waals surface area contributed by atoms with Crippen molar-refractivity contribution in [2.75, 3.05) is 5.73 Å². The molecule has 0 saturated heterocycles. The summed E-state index contributed by atoms with van der Waals surface area (Å²) in [5.74, 6) is 0.0466. The van der Waals surface area contributed by atoms with E-state index < -0.39 is 9.84 Å². The van der Waals surface area contributed by atoms with Crippen LogP contribution in [-0.2, 0) is 15.6 Å². The molecule has 100 valence electrons. The van der Waals surface area contributed by atoms with E-state index in [9.17, 15) is 8.42 Å². The second kappa shape index (κ2) is 5.61. The van der Waals surface area contributed by atoms with Gasteiger partial charge in [0.2, 0.25) is 0 Å². The Labute approximate surface area is 117 Å². The summed E-state index contributed by atoms with van der Waals surface area (Å²) >= 11 is 3.38. The fraction of sp³-hybridized carbons (Fsp3) is 0.538. The van der Waals surface area contributed by atoms with E-state index >= 15 is 0 Å². The minimum atomic E-state index is -3.09. The first kappa shape index (κ1) is 13.9. The normalized spacial score (nSPS) is 17.8. The van der Waals surface area contributed by atoms with E-state index in [4.69, 9.17) is 5.73 Å². The Kier molecular flexibility index (Phi) is 4.33. The van der Waals surface area contributed by atoms with Gasteiger partial charge in [0.15, 0.2) is 9.84 Å². The number of hydrogen-bond donors (Lipinski definition) is 1. The number of nitrogen functional groups attached to an aromatic ring is 1. The van der Waals surface area contributed by atoms with E-state index in [0.717, 1.165) is 36.6 Å². The number of benzene rings is 1. The van der Waals surface area contributed by atoms with E-state index in [1.165, 1.54) is 0 Å². The van der Waals surface area contributed by atoms with Gasteiger partial charge in [0.05, 0.1) is 11.0 Å². The zero-order chi connectivity index (χ0) is 13.2. The van der Waals surface area contributed by atoms with Gasteiger partial charge in [0.1, 0.15) is 0 Å². The van der Waals surface area contributed by atoms with Crippen LogP contribution in [0.3, 0.4) is 0 Å². The van der Waals surface area contributed by atoms with Crippen molar-refractivity contribution in [3.8, 4) is 0 Å². The molecule has 0 unspecified atom stereocenters. The molecule has 1 aliphatic rings. The Hall–Kier alpha value is -0.550. The molecule has 1 aromatic rings. The molecule has 0 atom stereocenters. The lowest BCUT2D eigenvalue weighted by Gasteiger charge is -2.22. The molecule has 0 radical (unpaired) electrons. The van der Waals surface area contributed by atoms with Gasteiger partial charge in [-0.2, -0.15) is 0 Å². The number of anilines is 1. The molecule has 0 amide bonds. The van der Waals surface area contributed by atoms with Crippen molar-refractivity contribution >= 4 is 31.5 Å². The van der Waals surface area contributed by atoms with E-state index in [0.29, 0.717) is 11.3 Å². The molecule has 18 heavy (non-hydrogen) atoms. The van der Waals surface area contributed by atoms with Crippen molar-refractivity contribution in [2.24, 2.45) is 0 Å². The highest BCUT2D eigenvalue weighted by Gasteiger charge is 2.28. The third-order valence-corrected chi connectivity index (χ3v) is 6.48. The minimum absolute atomic E-state index is 0.0466. The SMILES string of the molecule is Nc1cccc(Br)c1CS(=O)(=O)C1CCCCC1. The van der Waals surface area contributed by atoms with E-state index in [2.05, 4.69) is 15.9 Å². The van der Waals surface area contributed by atoms with Crippen LogP contribution >= 0.6 is 15.9 Å². The lowest BCUT2D eigenvalue weighted by atomic mass is 10.0. The number of halogens is 1. The molecule has 0 heterocycles. The van der Waals surface area contributed by atoms with Gasteiger partial charge in [0.25, 0.3) is 0 Å². The minimum Gasteiger partial charge on any atom is -0.398 e. The molecule has 3 nitrogen and oxygen atoms in total. The van der Waals surface area contributed by atoms with Crippen molar-refractivity contribution in [3.63, 3.8) is 0 Å². The fourth-order valence-corrected chi connectivity index (χ4v) is 5.19. The highest BCUT2D eigenvalue weighted by Crippen LogP contribution is 2.30. The average molecular weight is 332 g/mol. The summed E-state index contributed by atoms with van der Waals surface area (Å²) in [4.78, 5) is 0. The summed E-state index contributed by atoms with van der Waals surface area (Å²) in [5.41, 5.74) is 7.11. The summed E-state index contributed by atoms with van der Waals surface area (Å²) in [6.45, 7) is 0. The van der Waals surface area contributed by atoms with Gasteiger partial charge < -0.3 is 5.73 Å². The molecule has 5 heteroatoms.